The SMILES string of the molecule is CN(CC(F)(F)F)c1ccc(Br)cc1[N+](=O)[O-]. The normalized spacial score (nSPS) is 11.4. The first-order valence-corrected chi connectivity index (χ1v) is 5.22. The molecule has 0 aromatic heterocycles. The maximum atomic E-state index is 12.2. The van der Waals surface area contributed by atoms with E-state index < -0.39 is 17.6 Å². The van der Waals surface area contributed by atoms with Gasteiger partial charge in [-0.05, 0) is 12.1 Å². The third-order valence-electron chi connectivity index (χ3n) is 1.96. The molecule has 0 radical (unpaired) electrons. The van der Waals surface area contributed by atoms with E-state index in [1.807, 2.05) is 0 Å². The second kappa shape index (κ2) is 4.91. The highest BCUT2D eigenvalue weighted by Crippen LogP contribution is 2.32. The van der Waals surface area contributed by atoms with E-state index in [0.29, 0.717) is 4.47 Å². The van der Waals surface area contributed by atoms with Crippen molar-refractivity contribution in [1.82, 2.24) is 0 Å². The lowest BCUT2D eigenvalue weighted by molar-refractivity contribution is -0.384. The van der Waals surface area contributed by atoms with Gasteiger partial charge in [0.1, 0.15) is 12.2 Å². The first-order valence-electron chi connectivity index (χ1n) is 4.42. The number of halogens is 4. The molecular weight excluding hydrogens is 305 g/mol. The lowest BCUT2D eigenvalue weighted by Crippen LogP contribution is -2.31. The highest BCUT2D eigenvalue weighted by molar-refractivity contribution is 9.10. The molecule has 0 unspecified atom stereocenters. The van der Waals surface area contributed by atoms with Crippen LogP contribution in [0.2, 0.25) is 0 Å². The maximum absolute atomic E-state index is 12.2. The van der Waals surface area contributed by atoms with Crippen LogP contribution in [-0.2, 0) is 0 Å². The first-order chi connectivity index (χ1) is 7.70. The fraction of sp³-hybridized carbons (Fsp3) is 0.333. The molecule has 0 atom stereocenters. The van der Waals surface area contributed by atoms with Gasteiger partial charge in [-0.2, -0.15) is 13.2 Å². The summed E-state index contributed by atoms with van der Waals surface area (Å²) in [5.74, 6) is 0. The van der Waals surface area contributed by atoms with Gasteiger partial charge in [-0.15, -0.1) is 0 Å². The third kappa shape index (κ3) is 3.88. The van der Waals surface area contributed by atoms with Crippen molar-refractivity contribution in [1.29, 1.82) is 0 Å². The molecule has 17 heavy (non-hydrogen) atoms. The summed E-state index contributed by atoms with van der Waals surface area (Å²) < 4.78 is 37.0. The van der Waals surface area contributed by atoms with Gasteiger partial charge >= 0.3 is 6.18 Å². The largest absolute Gasteiger partial charge is 0.405 e. The van der Waals surface area contributed by atoms with Gasteiger partial charge in [-0.1, -0.05) is 15.9 Å². The van der Waals surface area contributed by atoms with Crippen molar-refractivity contribution < 1.29 is 18.1 Å². The Hall–Kier alpha value is -1.31. The molecular formula is C9H8BrF3N2O2. The van der Waals surface area contributed by atoms with Crippen molar-refractivity contribution in [3.8, 4) is 0 Å². The van der Waals surface area contributed by atoms with Crippen LogP contribution in [0.15, 0.2) is 22.7 Å². The van der Waals surface area contributed by atoms with Crippen LogP contribution >= 0.6 is 15.9 Å². The predicted molar refractivity (Wildman–Crippen MR) is 60.1 cm³/mol. The molecule has 8 heteroatoms. The molecule has 94 valence electrons. The molecule has 1 aromatic carbocycles. The Bertz CT molecular complexity index is 437. The average Bonchev–Trinajstić information content (AvgIpc) is 2.14. The van der Waals surface area contributed by atoms with Crippen molar-refractivity contribution >= 4 is 27.3 Å². The number of nitro groups is 1. The van der Waals surface area contributed by atoms with Crippen LogP contribution < -0.4 is 4.90 Å². The zero-order valence-electron chi connectivity index (χ0n) is 8.66. The second-order valence-corrected chi connectivity index (χ2v) is 4.28. The zero-order chi connectivity index (χ0) is 13.2. The lowest BCUT2D eigenvalue weighted by atomic mass is 10.2. The number of nitro benzene ring substituents is 1. The lowest BCUT2D eigenvalue weighted by Gasteiger charge is -2.20. The predicted octanol–water partition coefficient (Wildman–Crippen LogP) is 3.36. The zero-order valence-corrected chi connectivity index (χ0v) is 10.2. The Morgan fingerprint density at radius 1 is 1.47 bits per heavy atom. The van der Waals surface area contributed by atoms with Gasteiger partial charge < -0.3 is 4.90 Å². The van der Waals surface area contributed by atoms with E-state index in [1.165, 1.54) is 18.2 Å². The number of alkyl halides is 3. The molecule has 0 spiro atoms. The van der Waals surface area contributed by atoms with E-state index in [1.54, 1.807) is 0 Å². The number of anilines is 1. The summed E-state index contributed by atoms with van der Waals surface area (Å²) in [5, 5.41) is 10.7. The fourth-order valence-corrected chi connectivity index (χ4v) is 1.67. The molecule has 0 aliphatic rings. The number of rotatable bonds is 3. The Morgan fingerprint density at radius 2 is 2.06 bits per heavy atom. The quantitative estimate of drug-likeness (QED) is 0.635. The number of hydrogen-bond acceptors (Lipinski definition) is 3. The molecule has 0 saturated heterocycles. The highest BCUT2D eigenvalue weighted by Gasteiger charge is 2.31. The van der Waals surface area contributed by atoms with Gasteiger partial charge in [0.05, 0.1) is 4.92 Å². The van der Waals surface area contributed by atoms with Gasteiger partial charge in [-0.25, -0.2) is 0 Å². The van der Waals surface area contributed by atoms with Crippen LogP contribution in [-0.4, -0.2) is 24.7 Å². The topological polar surface area (TPSA) is 46.4 Å². The Morgan fingerprint density at radius 3 is 2.53 bits per heavy atom. The van der Waals surface area contributed by atoms with Gasteiger partial charge in [0.2, 0.25) is 0 Å². The van der Waals surface area contributed by atoms with Crippen LogP contribution in [0, 0.1) is 10.1 Å². The van der Waals surface area contributed by atoms with E-state index >= 15 is 0 Å². The summed E-state index contributed by atoms with van der Waals surface area (Å²) in [6.07, 6.45) is -4.41. The summed E-state index contributed by atoms with van der Waals surface area (Å²) in [6, 6.07) is 3.89. The van der Waals surface area contributed by atoms with Gasteiger partial charge in [0.15, 0.2) is 0 Å². The standard InChI is InChI=1S/C9H8BrF3N2O2/c1-14(5-9(11,12)13)7-3-2-6(10)4-8(7)15(16)17/h2-4H,5H2,1H3. The van der Waals surface area contributed by atoms with Crippen molar-refractivity contribution in [3.05, 3.63) is 32.8 Å². The number of hydrogen-bond donors (Lipinski definition) is 0. The molecule has 0 N–H and O–H groups in total. The highest BCUT2D eigenvalue weighted by atomic mass is 79.9. The van der Waals surface area contributed by atoms with Crippen molar-refractivity contribution in [2.24, 2.45) is 0 Å². The van der Waals surface area contributed by atoms with Crippen molar-refractivity contribution in [2.45, 2.75) is 6.18 Å². The molecule has 1 rings (SSSR count). The van der Waals surface area contributed by atoms with Gasteiger partial charge in [-0.3, -0.25) is 10.1 Å². The number of nitrogens with zero attached hydrogens (tertiary/aromatic N) is 2. The Kier molecular flexibility index (Phi) is 3.97. The van der Waals surface area contributed by atoms with E-state index in [-0.39, 0.29) is 11.4 Å². The van der Waals surface area contributed by atoms with Crippen LogP contribution in [0.25, 0.3) is 0 Å². The Labute approximate surface area is 103 Å². The smallest absolute Gasteiger partial charge is 0.360 e. The maximum Gasteiger partial charge on any atom is 0.405 e. The van der Waals surface area contributed by atoms with Gasteiger partial charge in [0, 0.05) is 17.6 Å². The monoisotopic (exact) mass is 312 g/mol. The molecule has 1 aromatic rings. The van der Waals surface area contributed by atoms with Crippen LogP contribution in [0.5, 0.6) is 0 Å². The summed E-state index contributed by atoms with van der Waals surface area (Å²) >= 11 is 3.03. The van der Waals surface area contributed by atoms with Crippen molar-refractivity contribution in [2.75, 3.05) is 18.5 Å². The van der Waals surface area contributed by atoms with Crippen LogP contribution in [0.3, 0.4) is 0 Å². The summed E-state index contributed by atoms with van der Waals surface area (Å²) in [6.45, 7) is -1.24. The van der Waals surface area contributed by atoms with E-state index in [9.17, 15) is 23.3 Å². The molecule has 0 saturated carbocycles. The third-order valence-corrected chi connectivity index (χ3v) is 2.46. The minimum absolute atomic E-state index is 0.0736. The van der Waals surface area contributed by atoms with Crippen LogP contribution in [0.1, 0.15) is 0 Å². The molecule has 0 aliphatic carbocycles. The molecule has 0 bridgehead atoms. The molecule has 0 amide bonds. The van der Waals surface area contributed by atoms with Crippen LogP contribution in [0.4, 0.5) is 24.5 Å². The van der Waals surface area contributed by atoms with Gasteiger partial charge in [0.25, 0.3) is 5.69 Å². The average molecular weight is 313 g/mol. The molecule has 0 aliphatic heterocycles. The first kappa shape index (κ1) is 13.8. The van der Waals surface area contributed by atoms with Crippen molar-refractivity contribution in [3.63, 3.8) is 0 Å². The van der Waals surface area contributed by atoms with E-state index in [2.05, 4.69) is 15.9 Å². The fourth-order valence-electron chi connectivity index (χ4n) is 1.32. The minimum Gasteiger partial charge on any atom is -0.360 e. The number of benzene rings is 1. The summed E-state index contributed by atoms with van der Waals surface area (Å²) in [5.41, 5.74) is -0.443. The summed E-state index contributed by atoms with van der Waals surface area (Å²) in [7, 11) is 1.16. The minimum atomic E-state index is -4.41. The molecule has 4 nitrogen and oxygen atoms in total. The summed E-state index contributed by atoms with van der Waals surface area (Å²) in [4.78, 5) is 10.8. The molecule has 0 fully saturated rings. The molecule has 0 heterocycles. The Balaban J connectivity index is 3.09. The van der Waals surface area contributed by atoms with E-state index in [0.717, 1.165) is 11.9 Å². The van der Waals surface area contributed by atoms with E-state index in [4.69, 9.17) is 0 Å². The second-order valence-electron chi connectivity index (χ2n) is 3.36.